The van der Waals surface area contributed by atoms with Crippen molar-refractivity contribution in [1.29, 1.82) is 0 Å². The largest absolute Gasteiger partial charge is 0.296 e. The normalized spacial score (nSPS) is 10.7. The third-order valence-corrected chi connectivity index (χ3v) is 4.53. The van der Waals surface area contributed by atoms with E-state index >= 15 is 0 Å². The predicted molar refractivity (Wildman–Crippen MR) is 102 cm³/mol. The molecule has 0 saturated carbocycles. The molecule has 8 heteroatoms. The van der Waals surface area contributed by atoms with Crippen LogP contribution in [0.15, 0.2) is 60.2 Å². The van der Waals surface area contributed by atoms with Gasteiger partial charge in [-0.05, 0) is 37.3 Å². The van der Waals surface area contributed by atoms with E-state index in [0.29, 0.717) is 22.1 Å². The summed E-state index contributed by atoms with van der Waals surface area (Å²) in [4.78, 5) is 12.8. The summed E-state index contributed by atoms with van der Waals surface area (Å²) in [5.74, 6) is -0.671. The van der Waals surface area contributed by atoms with Gasteiger partial charge >= 0.3 is 0 Å². The Morgan fingerprint density at radius 1 is 1.19 bits per heavy atom. The Balaban J connectivity index is 1.79. The molecular formula is C19H14FN5OS. The van der Waals surface area contributed by atoms with Gasteiger partial charge in [0.25, 0.3) is 5.91 Å². The molecular weight excluding hydrogens is 365 g/mol. The van der Waals surface area contributed by atoms with Gasteiger partial charge in [0.2, 0.25) is 5.13 Å². The number of aromatic nitrogens is 4. The van der Waals surface area contributed by atoms with Gasteiger partial charge in [-0.1, -0.05) is 35.1 Å². The fourth-order valence-electron chi connectivity index (χ4n) is 2.66. The molecule has 0 atom stereocenters. The Morgan fingerprint density at radius 2 is 2.00 bits per heavy atom. The third-order valence-electron chi connectivity index (χ3n) is 3.92. The van der Waals surface area contributed by atoms with Gasteiger partial charge in [-0.15, -0.1) is 10.2 Å². The highest BCUT2D eigenvalue weighted by Gasteiger charge is 2.20. The number of nitrogens with one attached hydrogen (secondary N) is 1. The predicted octanol–water partition coefficient (Wildman–Crippen LogP) is 4.09. The third kappa shape index (κ3) is 3.61. The average molecular weight is 379 g/mol. The molecule has 2 aromatic heterocycles. The van der Waals surface area contributed by atoms with Crippen molar-refractivity contribution in [2.24, 2.45) is 0 Å². The number of nitrogens with zero attached hydrogens (tertiary/aromatic N) is 4. The zero-order valence-electron chi connectivity index (χ0n) is 14.3. The standard InChI is InChI=1S/C19H14FN5OS/c1-12-3-2-4-13(9-12)17-16(18(26)22-19-23-21-11-27-19)10-25(24-17)15-7-5-14(20)6-8-15/h2-11H,1H3,(H,22,23,26). The van der Waals surface area contributed by atoms with Crippen molar-refractivity contribution in [3.8, 4) is 16.9 Å². The lowest BCUT2D eigenvalue weighted by Gasteiger charge is -2.03. The van der Waals surface area contributed by atoms with Gasteiger partial charge in [0.05, 0.1) is 11.3 Å². The summed E-state index contributed by atoms with van der Waals surface area (Å²) >= 11 is 1.23. The fourth-order valence-corrected chi connectivity index (χ4v) is 3.10. The number of amides is 1. The van der Waals surface area contributed by atoms with Crippen LogP contribution in [0, 0.1) is 12.7 Å². The summed E-state index contributed by atoms with van der Waals surface area (Å²) in [6.07, 6.45) is 1.63. The smallest absolute Gasteiger partial charge is 0.261 e. The van der Waals surface area contributed by atoms with Gasteiger partial charge in [0.15, 0.2) is 0 Å². The lowest BCUT2D eigenvalue weighted by atomic mass is 10.1. The molecule has 0 bridgehead atoms. The van der Waals surface area contributed by atoms with E-state index in [2.05, 4.69) is 20.6 Å². The first-order valence-corrected chi connectivity index (χ1v) is 8.98. The van der Waals surface area contributed by atoms with Crippen molar-refractivity contribution in [3.05, 3.63) is 77.2 Å². The number of aryl methyl sites for hydroxylation is 1. The number of carbonyl (C=O) groups is 1. The second kappa shape index (κ2) is 7.08. The molecule has 0 saturated heterocycles. The SMILES string of the molecule is Cc1cccc(-c2nn(-c3ccc(F)cc3)cc2C(=O)Nc2nncs2)c1. The second-order valence-electron chi connectivity index (χ2n) is 5.88. The topological polar surface area (TPSA) is 72.7 Å². The Kier molecular flexibility index (Phi) is 4.47. The molecule has 2 aromatic carbocycles. The molecule has 0 aliphatic heterocycles. The highest BCUT2D eigenvalue weighted by Crippen LogP contribution is 2.26. The maximum Gasteiger partial charge on any atom is 0.261 e. The maximum absolute atomic E-state index is 13.2. The van der Waals surface area contributed by atoms with Gasteiger partial charge in [0, 0.05) is 11.8 Å². The van der Waals surface area contributed by atoms with Crippen molar-refractivity contribution >= 4 is 22.4 Å². The number of carbonyl (C=O) groups excluding carboxylic acids is 1. The molecule has 4 rings (SSSR count). The van der Waals surface area contributed by atoms with E-state index in [0.717, 1.165) is 11.1 Å². The molecule has 2 heterocycles. The highest BCUT2D eigenvalue weighted by atomic mass is 32.1. The van der Waals surface area contributed by atoms with E-state index in [1.54, 1.807) is 28.5 Å². The molecule has 1 N–H and O–H groups in total. The number of rotatable bonds is 4. The first-order chi connectivity index (χ1) is 13.1. The minimum atomic E-state index is -0.336. The maximum atomic E-state index is 13.2. The summed E-state index contributed by atoms with van der Waals surface area (Å²) in [5, 5.41) is 15.3. The van der Waals surface area contributed by atoms with Crippen molar-refractivity contribution in [1.82, 2.24) is 20.0 Å². The molecule has 4 aromatic rings. The Hall–Kier alpha value is -3.39. The van der Waals surface area contributed by atoms with E-state index in [9.17, 15) is 9.18 Å². The number of hydrogen-bond acceptors (Lipinski definition) is 5. The van der Waals surface area contributed by atoms with Crippen LogP contribution in [-0.2, 0) is 0 Å². The van der Waals surface area contributed by atoms with Crippen LogP contribution < -0.4 is 5.32 Å². The number of benzene rings is 2. The highest BCUT2D eigenvalue weighted by molar-refractivity contribution is 7.13. The molecule has 6 nitrogen and oxygen atoms in total. The van der Waals surface area contributed by atoms with E-state index in [1.807, 2.05) is 31.2 Å². The van der Waals surface area contributed by atoms with Gasteiger partial charge in [0.1, 0.15) is 17.0 Å². The van der Waals surface area contributed by atoms with Crippen molar-refractivity contribution < 1.29 is 9.18 Å². The van der Waals surface area contributed by atoms with Crippen molar-refractivity contribution in [3.63, 3.8) is 0 Å². The van der Waals surface area contributed by atoms with Crippen LogP contribution in [0.5, 0.6) is 0 Å². The number of halogens is 1. The quantitative estimate of drug-likeness (QED) is 0.580. The molecule has 0 fully saturated rings. The second-order valence-corrected chi connectivity index (χ2v) is 6.71. The molecule has 0 aliphatic carbocycles. The summed E-state index contributed by atoms with van der Waals surface area (Å²) in [6, 6.07) is 13.7. The number of hydrogen-bond donors (Lipinski definition) is 1. The van der Waals surface area contributed by atoms with Crippen LogP contribution in [0.4, 0.5) is 9.52 Å². The van der Waals surface area contributed by atoms with Crippen LogP contribution in [0.25, 0.3) is 16.9 Å². The first-order valence-electron chi connectivity index (χ1n) is 8.10. The van der Waals surface area contributed by atoms with Gasteiger partial charge in [-0.2, -0.15) is 5.10 Å². The van der Waals surface area contributed by atoms with Gasteiger partial charge < -0.3 is 0 Å². The molecule has 1 amide bonds. The minimum absolute atomic E-state index is 0.334. The van der Waals surface area contributed by atoms with E-state index in [4.69, 9.17) is 0 Å². The van der Waals surface area contributed by atoms with E-state index in [1.165, 1.54) is 23.5 Å². The molecule has 0 radical (unpaired) electrons. The fraction of sp³-hybridized carbons (Fsp3) is 0.0526. The Bertz CT molecular complexity index is 1090. The molecule has 0 spiro atoms. The van der Waals surface area contributed by atoms with Crippen LogP contribution >= 0.6 is 11.3 Å². The van der Waals surface area contributed by atoms with Gasteiger partial charge in [-0.3, -0.25) is 10.1 Å². The summed E-state index contributed by atoms with van der Waals surface area (Å²) in [5.41, 5.74) is 4.99. The summed E-state index contributed by atoms with van der Waals surface area (Å²) in [7, 11) is 0. The lowest BCUT2D eigenvalue weighted by Crippen LogP contribution is -2.12. The van der Waals surface area contributed by atoms with Crippen LogP contribution in [0.2, 0.25) is 0 Å². The molecule has 27 heavy (non-hydrogen) atoms. The lowest BCUT2D eigenvalue weighted by molar-refractivity contribution is 0.102. The summed E-state index contributed by atoms with van der Waals surface area (Å²) < 4.78 is 14.8. The zero-order chi connectivity index (χ0) is 18.8. The zero-order valence-corrected chi connectivity index (χ0v) is 15.1. The van der Waals surface area contributed by atoms with E-state index in [-0.39, 0.29) is 11.7 Å². The van der Waals surface area contributed by atoms with Crippen LogP contribution in [0.1, 0.15) is 15.9 Å². The van der Waals surface area contributed by atoms with Crippen molar-refractivity contribution in [2.45, 2.75) is 6.92 Å². The first kappa shape index (κ1) is 17.0. The monoisotopic (exact) mass is 379 g/mol. The average Bonchev–Trinajstić information content (AvgIpc) is 3.32. The van der Waals surface area contributed by atoms with Crippen molar-refractivity contribution in [2.75, 3.05) is 5.32 Å². The van der Waals surface area contributed by atoms with E-state index < -0.39 is 0 Å². The molecule has 0 aliphatic rings. The Morgan fingerprint density at radius 3 is 2.70 bits per heavy atom. The van der Waals surface area contributed by atoms with Gasteiger partial charge in [-0.25, -0.2) is 9.07 Å². The summed E-state index contributed by atoms with van der Waals surface area (Å²) in [6.45, 7) is 1.97. The minimum Gasteiger partial charge on any atom is -0.296 e. The van der Waals surface area contributed by atoms with Crippen LogP contribution in [-0.4, -0.2) is 25.9 Å². The molecule has 0 unspecified atom stereocenters. The number of anilines is 1. The van der Waals surface area contributed by atoms with Crippen LogP contribution in [0.3, 0.4) is 0 Å². The Labute approximate surface area is 158 Å². The molecule has 134 valence electrons.